The molecule has 0 radical (unpaired) electrons. The summed E-state index contributed by atoms with van der Waals surface area (Å²) in [5, 5.41) is 3.46. The molecule has 1 aromatic carbocycles. The van der Waals surface area contributed by atoms with Crippen molar-refractivity contribution in [2.45, 2.75) is 40.0 Å². The van der Waals surface area contributed by atoms with Crippen molar-refractivity contribution < 1.29 is 14.2 Å². The molecule has 0 fully saturated rings. The van der Waals surface area contributed by atoms with E-state index in [0.717, 1.165) is 12.3 Å². The van der Waals surface area contributed by atoms with E-state index in [1.807, 2.05) is 26.0 Å². The molecule has 0 aliphatic rings. The van der Waals surface area contributed by atoms with Crippen molar-refractivity contribution in [3.8, 4) is 5.75 Å². The monoisotopic (exact) mass is 281 g/mol. The predicted molar refractivity (Wildman–Crippen MR) is 81.2 cm³/mol. The molecule has 0 aromatic heterocycles. The molecule has 1 atom stereocenters. The first kappa shape index (κ1) is 17.0. The molecule has 0 spiro atoms. The first-order valence-corrected chi connectivity index (χ1v) is 7.28. The van der Waals surface area contributed by atoms with Crippen LogP contribution in [0.5, 0.6) is 5.75 Å². The van der Waals surface area contributed by atoms with Crippen molar-refractivity contribution in [2.24, 2.45) is 0 Å². The summed E-state index contributed by atoms with van der Waals surface area (Å²) in [6.07, 6.45) is -0.281. The Hall–Kier alpha value is -1.10. The van der Waals surface area contributed by atoms with Gasteiger partial charge in [-0.1, -0.05) is 13.0 Å². The second-order valence-corrected chi connectivity index (χ2v) is 4.54. The van der Waals surface area contributed by atoms with Gasteiger partial charge in [-0.05, 0) is 50.6 Å². The summed E-state index contributed by atoms with van der Waals surface area (Å²) in [5.74, 6) is 0.867. The Morgan fingerprint density at radius 3 is 2.20 bits per heavy atom. The minimum Gasteiger partial charge on any atom is -0.497 e. The molecular formula is C16H27NO3. The Kier molecular flexibility index (Phi) is 7.59. The van der Waals surface area contributed by atoms with Gasteiger partial charge in [-0.25, -0.2) is 0 Å². The quantitative estimate of drug-likeness (QED) is 0.706. The van der Waals surface area contributed by atoms with Crippen LogP contribution in [0.3, 0.4) is 0 Å². The summed E-state index contributed by atoms with van der Waals surface area (Å²) in [6, 6.07) is 6.11. The average molecular weight is 281 g/mol. The van der Waals surface area contributed by atoms with Gasteiger partial charge in [-0.3, -0.25) is 0 Å². The zero-order valence-corrected chi connectivity index (χ0v) is 13.2. The van der Waals surface area contributed by atoms with Gasteiger partial charge in [-0.2, -0.15) is 0 Å². The highest BCUT2D eigenvalue weighted by Crippen LogP contribution is 2.26. The normalized spacial score (nSPS) is 12.7. The van der Waals surface area contributed by atoms with Gasteiger partial charge >= 0.3 is 0 Å². The molecule has 0 amide bonds. The Morgan fingerprint density at radius 1 is 1.10 bits per heavy atom. The Morgan fingerprint density at radius 2 is 1.75 bits per heavy atom. The van der Waals surface area contributed by atoms with E-state index in [1.165, 1.54) is 11.1 Å². The molecule has 0 bridgehead atoms. The largest absolute Gasteiger partial charge is 0.497 e. The number of likely N-dealkylation sites (N-methyl/N-ethyl adjacent to an activating group) is 1. The van der Waals surface area contributed by atoms with E-state index in [9.17, 15) is 0 Å². The maximum absolute atomic E-state index is 5.75. The van der Waals surface area contributed by atoms with Crippen LogP contribution in [0, 0.1) is 6.92 Å². The molecular weight excluding hydrogens is 254 g/mol. The van der Waals surface area contributed by atoms with Crippen molar-refractivity contribution in [1.29, 1.82) is 0 Å². The molecule has 1 N–H and O–H groups in total. The Labute approximate surface area is 122 Å². The fourth-order valence-corrected chi connectivity index (χ4v) is 2.27. The van der Waals surface area contributed by atoms with E-state index in [1.54, 1.807) is 7.11 Å². The fraction of sp³-hybridized carbons (Fsp3) is 0.625. The predicted octanol–water partition coefficient (Wildman–Crippen LogP) is 3.05. The van der Waals surface area contributed by atoms with Gasteiger partial charge in [0.1, 0.15) is 5.75 Å². The van der Waals surface area contributed by atoms with Crippen molar-refractivity contribution >= 4 is 0 Å². The standard InChI is InChI=1S/C16H27NO3/c1-6-17-15(16(19-7-2)20-8-3)14-10-9-13(18-5)11-12(14)4/h9-11,15-17H,6-8H2,1-5H3. The van der Waals surface area contributed by atoms with Gasteiger partial charge in [0.15, 0.2) is 6.29 Å². The zero-order chi connectivity index (χ0) is 15.0. The van der Waals surface area contributed by atoms with Crippen molar-refractivity contribution in [1.82, 2.24) is 5.32 Å². The van der Waals surface area contributed by atoms with Crippen LogP contribution >= 0.6 is 0 Å². The molecule has 4 heteroatoms. The first-order valence-electron chi connectivity index (χ1n) is 7.28. The molecule has 1 unspecified atom stereocenters. The minimum atomic E-state index is -0.281. The minimum absolute atomic E-state index is 0.0193. The van der Waals surface area contributed by atoms with Crippen LogP contribution in [0.2, 0.25) is 0 Å². The van der Waals surface area contributed by atoms with E-state index in [0.29, 0.717) is 13.2 Å². The SMILES string of the molecule is CCNC(c1ccc(OC)cc1C)C(OCC)OCC. The zero-order valence-electron chi connectivity index (χ0n) is 13.2. The van der Waals surface area contributed by atoms with Crippen LogP contribution in [-0.2, 0) is 9.47 Å². The Balaban J connectivity index is 3.04. The van der Waals surface area contributed by atoms with E-state index in [-0.39, 0.29) is 12.3 Å². The van der Waals surface area contributed by atoms with Gasteiger partial charge < -0.3 is 19.5 Å². The lowest BCUT2D eigenvalue weighted by Crippen LogP contribution is -2.36. The molecule has 0 saturated heterocycles. The van der Waals surface area contributed by atoms with Crippen molar-refractivity contribution in [3.05, 3.63) is 29.3 Å². The fourth-order valence-electron chi connectivity index (χ4n) is 2.27. The third-order valence-electron chi connectivity index (χ3n) is 3.17. The maximum Gasteiger partial charge on any atom is 0.176 e. The summed E-state index contributed by atoms with van der Waals surface area (Å²) >= 11 is 0. The van der Waals surface area contributed by atoms with Crippen LogP contribution < -0.4 is 10.1 Å². The summed E-state index contributed by atoms with van der Waals surface area (Å²) in [7, 11) is 1.68. The van der Waals surface area contributed by atoms with Crippen LogP contribution in [0.15, 0.2) is 18.2 Å². The molecule has 0 aliphatic carbocycles. The molecule has 114 valence electrons. The molecule has 1 aromatic rings. The van der Waals surface area contributed by atoms with E-state index in [4.69, 9.17) is 14.2 Å². The number of benzene rings is 1. The third-order valence-corrected chi connectivity index (χ3v) is 3.17. The highest BCUT2D eigenvalue weighted by molar-refractivity contribution is 5.37. The summed E-state index contributed by atoms with van der Waals surface area (Å²) in [5.41, 5.74) is 2.35. The highest BCUT2D eigenvalue weighted by atomic mass is 16.7. The summed E-state index contributed by atoms with van der Waals surface area (Å²) in [6.45, 7) is 10.2. The number of rotatable bonds is 9. The van der Waals surface area contributed by atoms with Crippen LogP contribution in [-0.4, -0.2) is 33.2 Å². The maximum atomic E-state index is 5.75. The summed E-state index contributed by atoms with van der Waals surface area (Å²) < 4.78 is 16.8. The molecule has 0 heterocycles. The van der Waals surface area contributed by atoms with Gasteiger partial charge in [0, 0.05) is 13.2 Å². The van der Waals surface area contributed by atoms with Gasteiger partial charge in [0.05, 0.1) is 13.2 Å². The van der Waals surface area contributed by atoms with Crippen LogP contribution in [0.25, 0.3) is 0 Å². The summed E-state index contributed by atoms with van der Waals surface area (Å²) in [4.78, 5) is 0. The Bertz CT molecular complexity index is 389. The molecule has 0 aliphatic heterocycles. The second-order valence-electron chi connectivity index (χ2n) is 4.54. The molecule has 1 rings (SSSR count). The molecule has 20 heavy (non-hydrogen) atoms. The third kappa shape index (κ3) is 4.47. The van der Waals surface area contributed by atoms with Crippen molar-refractivity contribution in [2.75, 3.05) is 26.9 Å². The van der Waals surface area contributed by atoms with E-state index < -0.39 is 0 Å². The topological polar surface area (TPSA) is 39.7 Å². The smallest absolute Gasteiger partial charge is 0.176 e. The lowest BCUT2D eigenvalue weighted by atomic mass is 10.00. The number of hydrogen-bond acceptors (Lipinski definition) is 4. The van der Waals surface area contributed by atoms with Gasteiger partial charge in [0.2, 0.25) is 0 Å². The van der Waals surface area contributed by atoms with Crippen LogP contribution in [0.1, 0.15) is 37.9 Å². The van der Waals surface area contributed by atoms with Crippen molar-refractivity contribution in [3.63, 3.8) is 0 Å². The number of aryl methyl sites for hydroxylation is 1. The van der Waals surface area contributed by atoms with Crippen LogP contribution in [0.4, 0.5) is 0 Å². The molecule has 0 saturated carbocycles. The molecule has 4 nitrogen and oxygen atoms in total. The van der Waals surface area contributed by atoms with Gasteiger partial charge in [0.25, 0.3) is 0 Å². The number of nitrogens with one attached hydrogen (secondary N) is 1. The first-order chi connectivity index (χ1) is 9.67. The number of methoxy groups -OCH3 is 1. The lowest BCUT2D eigenvalue weighted by Gasteiger charge is -2.29. The highest BCUT2D eigenvalue weighted by Gasteiger charge is 2.24. The average Bonchev–Trinajstić information content (AvgIpc) is 2.45. The number of ether oxygens (including phenoxy) is 3. The lowest BCUT2D eigenvalue weighted by molar-refractivity contribution is -0.155. The van der Waals surface area contributed by atoms with E-state index >= 15 is 0 Å². The van der Waals surface area contributed by atoms with E-state index in [2.05, 4.69) is 25.2 Å². The van der Waals surface area contributed by atoms with Gasteiger partial charge in [-0.15, -0.1) is 0 Å². The number of hydrogen-bond donors (Lipinski definition) is 1. The second kappa shape index (κ2) is 8.95.